The molecule has 1 aliphatic rings. The van der Waals surface area contributed by atoms with Crippen LogP contribution in [0, 0.1) is 5.92 Å². The van der Waals surface area contributed by atoms with Gasteiger partial charge in [-0.3, -0.25) is 14.4 Å². The Morgan fingerprint density at radius 2 is 1.65 bits per heavy atom. The van der Waals surface area contributed by atoms with Crippen LogP contribution in [0.4, 0.5) is 0 Å². The fourth-order valence-electron chi connectivity index (χ4n) is 3.71. The van der Waals surface area contributed by atoms with Crippen LogP contribution in [0.5, 0.6) is 0 Å². The van der Waals surface area contributed by atoms with E-state index in [4.69, 9.17) is 14.2 Å². The van der Waals surface area contributed by atoms with Crippen LogP contribution in [0.3, 0.4) is 0 Å². The number of carbonyl (C=O) groups is 3. The molecule has 0 aliphatic carbocycles. The zero-order valence-corrected chi connectivity index (χ0v) is 19.5. The highest BCUT2D eigenvalue weighted by Crippen LogP contribution is 2.18. The molecule has 2 unspecified atom stereocenters. The first-order valence-corrected chi connectivity index (χ1v) is 12.1. The van der Waals surface area contributed by atoms with Crippen LogP contribution in [0.1, 0.15) is 96.8 Å². The molecular formula is C24H42O7. The molecule has 7 heteroatoms. The van der Waals surface area contributed by atoms with Gasteiger partial charge in [-0.2, -0.15) is 0 Å². The molecule has 7 nitrogen and oxygen atoms in total. The lowest BCUT2D eigenvalue weighted by Crippen LogP contribution is -2.26. The number of hydrogen-bond acceptors (Lipinski definition) is 7. The quantitative estimate of drug-likeness (QED) is 0.172. The predicted molar refractivity (Wildman–Crippen MR) is 117 cm³/mol. The van der Waals surface area contributed by atoms with Crippen LogP contribution in [0.2, 0.25) is 0 Å². The summed E-state index contributed by atoms with van der Waals surface area (Å²) in [6, 6.07) is 0. The van der Waals surface area contributed by atoms with Crippen LogP contribution in [-0.2, 0) is 33.3 Å². The number of carbonyl (C=O) groups excluding carboxylic acids is 3. The van der Waals surface area contributed by atoms with Gasteiger partial charge < -0.3 is 18.9 Å². The molecule has 0 amide bonds. The molecule has 180 valence electrons. The molecule has 0 saturated carbocycles. The van der Waals surface area contributed by atoms with E-state index in [-0.39, 0.29) is 24.6 Å². The summed E-state index contributed by atoms with van der Waals surface area (Å²) in [4.78, 5) is 35.9. The summed E-state index contributed by atoms with van der Waals surface area (Å²) in [5, 5.41) is 0. The Labute approximate surface area is 187 Å². The zero-order valence-electron chi connectivity index (χ0n) is 19.5. The molecule has 1 fully saturated rings. The molecule has 31 heavy (non-hydrogen) atoms. The molecule has 0 aromatic rings. The second-order valence-electron chi connectivity index (χ2n) is 8.13. The van der Waals surface area contributed by atoms with Crippen molar-refractivity contribution in [1.29, 1.82) is 0 Å². The SMILES string of the molecule is CCOC(=O)C(CCCCC(=O)OC)C(=O)CCCCCCCCOC1CCCCO1. The molecule has 1 rings (SSSR count). The number of rotatable bonds is 18. The maximum atomic E-state index is 12.5. The highest BCUT2D eigenvalue weighted by atomic mass is 16.7. The highest BCUT2D eigenvalue weighted by molar-refractivity contribution is 5.98. The largest absolute Gasteiger partial charge is 0.469 e. The minimum Gasteiger partial charge on any atom is -0.469 e. The maximum Gasteiger partial charge on any atom is 0.316 e. The van der Waals surface area contributed by atoms with Gasteiger partial charge in [-0.1, -0.05) is 32.1 Å². The van der Waals surface area contributed by atoms with E-state index in [1.54, 1.807) is 6.92 Å². The van der Waals surface area contributed by atoms with Crippen LogP contribution < -0.4 is 0 Å². The van der Waals surface area contributed by atoms with Crippen molar-refractivity contribution in [1.82, 2.24) is 0 Å². The smallest absolute Gasteiger partial charge is 0.316 e. The number of unbranched alkanes of at least 4 members (excludes halogenated alkanes) is 6. The third kappa shape index (κ3) is 13.5. The summed E-state index contributed by atoms with van der Waals surface area (Å²) in [6.45, 7) is 3.57. The Morgan fingerprint density at radius 1 is 0.935 bits per heavy atom. The first-order valence-electron chi connectivity index (χ1n) is 12.1. The molecule has 0 aromatic carbocycles. The van der Waals surface area contributed by atoms with Crippen molar-refractivity contribution in [3.05, 3.63) is 0 Å². The summed E-state index contributed by atoms with van der Waals surface area (Å²) in [6.07, 6.45) is 11.8. The Hall–Kier alpha value is -1.47. The van der Waals surface area contributed by atoms with Crippen LogP contribution >= 0.6 is 0 Å². The summed E-state index contributed by atoms with van der Waals surface area (Å²) in [5.41, 5.74) is 0. The number of Topliss-reactive ketones (excluding diaryl/α,β-unsaturated/α-hetero) is 1. The second-order valence-corrected chi connectivity index (χ2v) is 8.13. The van der Waals surface area contributed by atoms with Gasteiger partial charge in [0.1, 0.15) is 11.7 Å². The van der Waals surface area contributed by atoms with Crippen LogP contribution in [0.25, 0.3) is 0 Å². The van der Waals surface area contributed by atoms with E-state index in [0.29, 0.717) is 32.1 Å². The standard InChI is InChI=1S/C24H42O7/c1-3-29-24(27)20(14-9-10-16-22(26)28-2)21(25)15-8-6-4-5-7-12-18-30-23-17-11-13-19-31-23/h20,23H,3-19H2,1-2H3. The average Bonchev–Trinajstić information content (AvgIpc) is 2.78. The normalized spacial score (nSPS) is 17.2. The highest BCUT2D eigenvalue weighted by Gasteiger charge is 2.26. The predicted octanol–water partition coefficient (Wildman–Crippen LogP) is 4.74. The van der Waals surface area contributed by atoms with Gasteiger partial charge in [0.25, 0.3) is 0 Å². The molecule has 0 N–H and O–H groups in total. The van der Waals surface area contributed by atoms with E-state index in [9.17, 15) is 14.4 Å². The zero-order chi connectivity index (χ0) is 22.7. The third-order valence-electron chi connectivity index (χ3n) is 5.57. The number of ether oxygens (including phenoxy) is 4. The molecule has 1 heterocycles. The molecule has 0 radical (unpaired) electrons. The Kier molecular flexibility index (Phi) is 16.1. The molecule has 0 spiro atoms. The van der Waals surface area contributed by atoms with E-state index in [1.165, 1.54) is 13.5 Å². The van der Waals surface area contributed by atoms with Crippen molar-refractivity contribution in [2.75, 3.05) is 26.9 Å². The lowest BCUT2D eigenvalue weighted by Gasteiger charge is -2.22. The molecule has 0 aromatic heterocycles. The van der Waals surface area contributed by atoms with E-state index >= 15 is 0 Å². The summed E-state index contributed by atoms with van der Waals surface area (Å²) >= 11 is 0. The van der Waals surface area contributed by atoms with Crippen LogP contribution in [0.15, 0.2) is 0 Å². The topological polar surface area (TPSA) is 88.1 Å². The molecule has 0 bridgehead atoms. The van der Waals surface area contributed by atoms with Crippen molar-refractivity contribution in [2.45, 2.75) is 103 Å². The van der Waals surface area contributed by atoms with E-state index < -0.39 is 11.9 Å². The summed E-state index contributed by atoms with van der Waals surface area (Å²) in [7, 11) is 1.35. The van der Waals surface area contributed by atoms with Crippen molar-refractivity contribution in [2.24, 2.45) is 5.92 Å². The van der Waals surface area contributed by atoms with Gasteiger partial charge in [-0.15, -0.1) is 0 Å². The van der Waals surface area contributed by atoms with E-state index in [0.717, 1.165) is 64.6 Å². The molecular weight excluding hydrogens is 400 g/mol. The van der Waals surface area contributed by atoms with Gasteiger partial charge in [-0.05, 0) is 51.9 Å². The first kappa shape index (κ1) is 27.6. The second kappa shape index (κ2) is 18.1. The van der Waals surface area contributed by atoms with Crippen molar-refractivity contribution in [3.63, 3.8) is 0 Å². The Morgan fingerprint density at radius 3 is 2.32 bits per heavy atom. The minimum absolute atomic E-state index is 0.00688. The minimum atomic E-state index is -0.711. The number of ketones is 1. The molecule has 1 saturated heterocycles. The number of hydrogen-bond donors (Lipinski definition) is 0. The fourth-order valence-corrected chi connectivity index (χ4v) is 3.71. The number of esters is 2. The monoisotopic (exact) mass is 442 g/mol. The maximum absolute atomic E-state index is 12.5. The lowest BCUT2D eigenvalue weighted by atomic mass is 9.93. The summed E-state index contributed by atoms with van der Waals surface area (Å²) < 4.78 is 21.0. The van der Waals surface area contributed by atoms with Crippen molar-refractivity contribution in [3.8, 4) is 0 Å². The lowest BCUT2D eigenvalue weighted by molar-refractivity contribution is -0.162. The van der Waals surface area contributed by atoms with Gasteiger partial charge >= 0.3 is 11.9 Å². The Bertz CT molecular complexity index is 500. The molecule has 1 aliphatic heterocycles. The first-order chi connectivity index (χ1) is 15.1. The Balaban J connectivity index is 2.11. The van der Waals surface area contributed by atoms with Gasteiger partial charge in [0, 0.05) is 26.1 Å². The van der Waals surface area contributed by atoms with Crippen molar-refractivity contribution >= 4 is 17.7 Å². The van der Waals surface area contributed by atoms with E-state index in [1.807, 2.05) is 0 Å². The molecule has 2 atom stereocenters. The van der Waals surface area contributed by atoms with Gasteiger partial charge in [0.05, 0.1) is 13.7 Å². The number of methoxy groups -OCH3 is 1. The van der Waals surface area contributed by atoms with E-state index in [2.05, 4.69) is 4.74 Å². The van der Waals surface area contributed by atoms with Gasteiger partial charge in [0.15, 0.2) is 6.29 Å². The van der Waals surface area contributed by atoms with Crippen LogP contribution in [-0.4, -0.2) is 50.9 Å². The third-order valence-corrected chi connectivity index (χ3v) is 5.57. The van der Waals surface area contributed by atoms with Gasteiger partial charge in [0.2, 0.25) is 0 Å². The van der Waals surface area contributed by atoms with Crippen molar-refractivity contribution < 1.29 is 33.3 Å². The summed E-state index contributed by atoms with van der Waals surface area (Å²) in [5.74, 6) is -1.46. The fraction of sp³-hybridized carbons (Fsp3) is 0.875. The van der Waals surface area contributed by atoms with Gasteiger partial charge in [-0.25, -0.2) is 0 Å². The average molecular weight is 443 g/mol.